The summed E-state index contributed by atoms with van der Waals surface area (Å²) in [6.45, 7) is 4.64. The predicted octanol–water partition coefficient (Wildman–Crippen LogP) is 5.69. The monoisotopic (exact) mass is 440 g/mol. The quantitative estimate of drug-likeness (QED) is 0.382. The van der Waals surface area contributed by atoms with Crippen LogP contribution in [0.5, 0.6) is 11.5 Å². The molecule has 0 amide bonds. The zero-order valence-electron chi connectivity index (χ0n) is 19.4. The molecule has 0 bridgehead atoms. The number of hydrogen-bond donors (Lipinski definition) is 1. The summed E-state index contributed by atoms with van der Waals surface area (Å²) in [5, 5.41) is 7.46. The van der Waals surface area contributed by atoms with Crippen LogP contribution < -0.4 is 9.47 Å². The molecule has 0 atom stereocenters. The topological polar surface area (TPSA) is 65.0 Å². The smallest absolute Gasteiger partial charge is 0.130 e. The molecule has 4 rings (SSSR count). The van der Waals surface area contributed by atoms with Gasteiger partial charge in [0.15, 0.2) is 0 Å². The third-order valence-corrected chi connectivity index (χ3v) is 5.51. The first-order valence-electron chi connectivity index (χ1n) is 10.8. The molecule has 4 aromatic rings. The molecule has 0 unspecified atom stereocenters. The van der Waals surface area contributed by atoms with Crippen molar-refractivity contribution < 1.29 is 9.47 Å². The molecule has 168 valence electrons. The van der Waals surface area contributed by atoms with E-state index in [-0.39, 0.29) is 0 Å². The molecule has 0 aliphatic carbocycles. The predicted molar refractivity (Wildman–Crippen MR) is 133 cm³/mol. The van der Waals surface area contributed by atoms with Crippen LogP contribution in [0.1, 0.15) is 39.6 Å². The molecule has 6 nitrogen and oxygen atoms in total. The van der Waals surface area contributed by atoms with Crippen LogP contribution >= 0.6 is 0 Å². The van der Waals surface area contributed by atoms with E-state index in [9.17, 15) is 0 Å². The Kier molecular flexibility index (Phi) is 6.74. The van der Waals surface area contributed by atoms with Gasteiger partial charge in [-0.3, -0.25) is 10.1 Å². The molecule has 0 saturated heterocycles. The third-order valence-electron chi connectivity index (χ3n) is 5.51. The number of methoxy groups -OCH3 is 1. The SMILES string of the molecule is COc1cc(OCc2ccccn2)ccc1C=Cc1cc(/C=C/c2c(C)cc(C)n2C)[nH]n1. The van der Waals surface area contributed by atoms with Gasteiger partial charge in [0.25, 0.3) is 0 Å². The van der Waals surface area contributed by atoms with Crippen molar-refractivity contribution in [2.24, 2.45) is 7.05 Å². The van der Waals surface area contributed by atoms with Crippen molar-refractivity contribution in [1.29, 1.82) is 0 Å². The highest BCUT2D eigenvalue weighted by Gasteiger charge is 2.06. The van der Waals surface area contributed by atoms with E-state index >= 15 is 0 Å². The molecule has 0 aliphatic rings. The van der Waals surface area contributed by atoms with Crippen molar-refractivity contribution in [3.8, 4) is 11.5 Å². The lowest BCUT2D eigenvalue weighted by Crippen LogP contribution is -1.98. The molecule has 0 fully saturated rings. The van der Waals surface area contributed by atoms with Gasteiger partial charge in [-0.05, 0) is 80.1 Å². The van der Waals surface area contributed by atoms with E-state index in [4.69, 9.17) is 9.47 Å². The molecule has 6 heteroatoms. The summed E-state index contributed by atoms with van der Waals surface area (Å²) >= 11 is 0. The highest BCUT2D eigenvalue weighted by molar-refractivity contribution is 5.74. The average Bonchev–Trinajstić information content (AvgIpc) is 3.39. The standard InChI is InChI=1S/C27H28N4O2/c1-19-15-20(2)31(3)26(19)13-11-23-16-22(29-30-23)10-8-21-9-12-25(17-27(21)32-4)33-18-24-7-5-6-14-28-24/h5-17H,18H2,1-4H3,(H,29,30)/b10-8?,13-11+. The Hall–Kier alpha value is -4.06. The molecule has 33 heavy (non-hydrogen) atoms. The Labute approximate surface area is 194 Å². The summed E-state index contributed by atoms with van der Waals surface area (Å²) in [5.74, 6) is 1.46. The number of nitrogens with zero attached hydrogens (tertiary/aromatic N) is 3. The molecule has 0 radical (unpaired) electrons. The van der Waals surface area contributed by atoms with Crippen LogP contribution in [0.4, 0.5) is 0 Å². The van der Waals surface area contributed by atoms with E-state index < -0.39 is 0 Å². The van der Waals surface area contributed by atoms with Gasteiger partial charge in [-0.15, -0.1) is 0 Å². The normalized spacial score (nSPS) is 11.5. The van der Waals surface area contributed by atoms with E-state index in [1.807, 2.05) is 60.7 Å². The largest absolute Gasteiger partial charge is 0.496 e. The van der Waals surface area contributed by atoms with Gasteiger partial charge < -0.3 is 14.0 Å². The van der Waals surface area contributed by atoms with Crippen LogP contribution in [0.25, 0.3) is 24.3 Å². The number of rotatable bonds is 8. The second-order valence-corrected chi connectivity index (χ2v) is 7.84. The van der Waals surface area contributed by atoms with Crippen LogP contribution in [0.15, 0.2) is 54.7 Å². The molecule has 3 heterocycles. The Morgan fingerprint density at radius 1 is 1.00 bits per heavy atom. The van der Waals surface area contributed by atoms with Crippen molar-refractivity contribution in [2.45, 2.75) is 20.5 Å². The number of aromatic amines is 1. The van der Waals surface area contributed by atoms with Crippen LogP contribution in [0, 0.1) is 13.8 Å². The average molecular weight is 441 g/mol. The van der Waals surface area contributed by atoms with Crippen molar-refractivity contribution in [2.75, 3.05) is 7.11 Å². The van der Waals surface area contributed by atoms with Gasteiger partial charge in [-0.25, -0.2) is 0 Å². The first-order valence-corrected chi connectivity index (χ1v) is 10.8. The number of ether oxygens (including phenoxy) is 2. The Morgan fingerprint density at radius 2 is 1.88 bits per heavy atom. The lowest BCUT2D eigenvalue weighted by Gasteiger charge is -2.09. The molecule has 3 aromatic heterocycles. The number of aromatic nitrogens is 4. The second-order valence-electron chi connectivity index (χ2n) is 7.84. The van der Waals surface area contributed by atoms with Crippen LogP contribution in [0.3, 0.4) is 0 Å². The highest BCUT2D eigenvalue weighted by atomic mass is 16.5. The Bertz CT molecular complexity index is 1280. The third kappa shape index (κ3) is 5.41. The highest BCUT2D eigenvalue weighted by Crippen LogP contribution is 2.27. The molecule has 0 aliphatic heterocycles. The Morgan fingerprint density at radius 3 is 2.61 bits per heavy atom. The van der Waals surface area contributed by atoms with Gasteiger partial charge in [0.1, 0.15) is 18.1 Å². The zero-order valence-corrected chi connectivity index (χ0v) is 19.4. The maximum atomic E-state index is 5.84. The summed E-state index contributed by atoms with van der Waals surface area (Å²) < 4.78 is 13.6. The van der Waals surface area contributed by atoms with Crippen molar-refractivity contribution in [3.63, 3.8) is 0 Å². The summed E-state index contributed by atoms with van der Waals surface area (Å²) in [7, 11) is 3.73. The number of nitrogens with one attached hydrogen (secondary N) is 1. The molecular weight excluding hydrogens is 412 g/mol. The number of hydrogen-bond acceptors (Lipinski definition) is 4. The summed E-state index contributed by atoms with van der Waals surface area (Å²) in [5.41, 5.74) is 7.28. The van der Waals surface area contributed by atoms with Gasteiger partial charge in [-0.2, -0.15) is 5.10 Å². The number of H-pyrrole nitrogens is 1. The Balaban J connectivity index is 1.43. The van der Waals surface area contributed by atoms with E-state index in [0.717, 1.165) is 34.1 Å². The summed E-state index contributed by atoms with van der Waals surface area (Å²) in [6, 6.07) is 15.7. The van der Waals surface area contributed by atoms with Crippen molar-refractivity contribution >= 4 is 24.3 Å². The summed E-state index contributed by atoms with van der Waals surface area (Å²) in [4.78, 5) is 4.28. The minimum Gasteiger partial charge on any atom is -0.496 e. The van der Waals surface area contributed by atoms with Gasteiger partial charge in [0.2, 0.25) is 0 Å². The van der Waals surface area contributed by atoms with Crippen LogP contribution in [-0.4, -0.2) is 26.9 Å². The second kappa shape index (κ2) is 10.0. The van der Waals surface area contributed by atoms with Crippen LogP contribution in [-0.2, 0) is 13.7 Å². The van der Waals surface area contributed by atoms with E-state index in [1.54, 1.807) is 13.3 Å². The van der Waals surface area contributed by atoms with E-state index in [2.05, 4.69) is 52.8 Å². The fourth-order valence-electron chi connectivity index (χ4n) is 3.61. The van der Waals surface area contributed by atoms with Gasteiger partial charge in [0.05, 0.1) is 24.2 Å². The molecular formula is C27H28N4O2. The van der Waals surface area contributed by atoms with Crippen LogP contribution in [0.2, 0.25) is 0 Å². The minimum atomic E-state index is 0.407. The molecule has 1 aromatic carbocycles. The fraction of sp³-hybridized carbons (Fsp3) is 0.185. The van der Waals surface area contributed by atoms with Crippen molar-refractivity contribution in [1.82, 2.24) is 19.7 Å². The van der Waals surface area contributed by atoms with Gasteiger partial charge in [-0.1, -0.05) is 6.07 Å². The van der Waals surface area contributed by atoms with Crippen molar-refractivity contribution in [3.05, 3.63) is 94.3 Å². The number of aryl methyl sites for hydroxylation is 2. The number of pyridine rings is 1. The van der Waals surface area contributed by atoms with Gasteiger partial charge >= 0.3 is 0 Å². The number of benzene rings is 1. The first-order chi connectivity index (χ1) is 16.0. The maximum absolute atomic E-state index is 5.84. The zero-order chi connectivity index (χ0) is 23.2. The summed E-state index contributed by atoms with van der Waals surface area (Å²) in [6.07, 6.45) is 9.84. The fourth-order valence-corrected chi connectivity index (χ4v) is 3.61. The lowest BCUT2D eigenvalue weighted by atomic mass is 10.1. The van der Waals surface area contributed by atoms with E-state index in [1.165, 1.54) is 17.0 Å². The molecule has 1 N–H and O–H groups in total. The minimum absolute atomic E-state index is 0.407. The lowest BCUT2D eigenvalue weighted by molar-refractivity contribution is 0.299. The maximum Gasteiger partial charge on any atom is 0.130 e. The van der Waals surface area contributed by atoms with Gasteiger partial charge in [0, 0.05) is 36.3 Å². The van der Waals surface area contributed by atoms with E-state index in [0.29, 0.717) is 6.61 Å². The molecule has 0 spiro atoms. The first kappa shape index (κ1) is 22.1. The molecule has 0 saturated carbocycles.